The van der Waals surface area contributed by atoms with Crippen molar-refractivity contribution in [2.45, 2.75) is 25.4 Å². The molecule has 0 radical (unpaired) electrons. The maximum Gasteiger partial charge on any atom is 0.434 e. The van der Waals surface area contributed by atoms with E-state index >= 15 is 0 Å². The molecule has 24 heavy (non-hydrogen) atoms. The Balaban J connectivity index is 2.18. The minimum Gasteiger partial charge on any atom is -0.298 e. The van der Waals surface area contributed by atoms with Crippen molar-refractivity contribution in [2.75, 3.05) is 0 Å². The summed E-state index contributed by atoms with van der Waals surface area (Å²) in [6.45, 7) is 0. The van der Waals surface area contributed by atoms with E-state index in [4.69, 9.17) is 0 Å². The highest BCUT2D eigenvalue weighted by Gasteiger charge is 2.43. The van der Waals surface area contributed by atoms with Crippen LogP contribution in [-0.4, -0.2) is 27.3 Å². The second kappa shape index (κ2) is 5.77. The largest absolute Gasteiger partial charge is 0.434 e. The molecule has 2 aromatic rings. The van der Waals surface area contributed by atoms with Crippen molar-refractivity contribution in [3.05, 3.63) is 35.8 Å². The summed E-state index contributed by atoms with van der Waals surface area (Å²) in [7, 11) is 0. The van der Waals surface area contributed by atoms with Gasteiger partial charge in [-0.1, -0.05) is 0 Å². The molecule has 0 atom stereocenters. The van der Waals surface area contributed by atoms with Crippen molar-refractivity contribution in [2.24, 2.45) is 5.92 Å². The van der Waals surface area contributed by atoms with E-state index in [0.717, 1.165) is 12.3 Å². The number of hydrogen-bond acceptors (Lipinski definition) is 5. The Bertz CT molecular complexity index is 845. The van der Waals surface area contributed by atoms with E-state index in [-0.39, 0.29) is 23.7 Å². The van der Waals surface area contributed by atoms with Gasteiger partial charge in [0.25, 0.3) is 0 Å². The summed E-state index contributed by atoms with van der Waals surface area (Å²) in [6, 6.07) is 2.42. The fourth-order valence-corrected chi connectivity index (χ4v) is 2.77. The number of carbonyl (C=O) groups is 3. The molecule has 8 heteroatoms. The molecule has 0 aromatic carbocycles. The predicted octanol–water partition coefficient (Wildman–Crippen LogP) is 2.77. The Hall–Kier alpha value is -2.64. The lowest BCUT2D eigenvalue weighted by Crippen LogP contribution is -2.36. The van der Waals surface area contributed by atoms with Gasteiger partial charge in [0.15, 0.2) is 23.0 Å². The first kappa shape index (κ1) is 16.2. The summed E-state index contributed by atoms with van der Waals surface area (Å²) in [5.74, 6) is -4.08. The fraction of sp³-hybridized carbons (Fsp3) is 0.312. The van der Waals surface area contributed by atoms with Crippen molar-refractivity contribution >= 4 is 28.3 Å². The lowest BCUT2D eigenvalue weighted by atomic mass is 9.81. The lowest BCUT2D eigenvalue weighted by Gasteiger charge is -2.20. The van der Waals surface area contributed by atoms with Crippen LogP contribution in [0.25, 0.3) is 10.9 Å². The highest BCUT2D eigenvalue weighted by Crippen LogP contribution is 2.34. The Labute approximate surface area is 133 Å². The number of Topliss-reactive ketones (excluding diaryl/α,β-unsaturated/α-hetero) is 3. The maximum atomic E-state index is 13.3. The normalized spacial score (nSPS) is 16.6. The number of fused-ring (bicyclic) bond motifs is 1. The number of aromatic nitrogens is 2. The first-order chi connectivity index (χ1) is 11.3. The third-order valence-electron chi connectivity index (χ3n) is 3.91. The van der Waals surface area contributed by atoms with Crippen LogP contribution in [-0.2, 0) is 15.8 Å². The van der Waals surface area contributed by atoms with Crippen molar-refractivity contribution in [1.82, 2.24) is 9.97 Å². The van der Waals surface area contributed by atoms with Crippen molar-refractivity contribution in [3.8, 4) is 0 Å². The highest BCUT2D eigenvalue weighted by molar-refractivity contribution is 6.25. The van der Waals surface area contributed by atoms with Crippen molar-refractivity contribution in [3.63, 3.8) is 0 Å². The summed E-state index contributed by atoms with van der Waals surface area (Å²) < 4.78 is 39.9. The molecule has 0 unspecified atom stereocenters. The molecule has 0 N–H and O–H groups in total. The zero-order valence-corrected chi connectivity index (χ0v) is 12.3. The SMILES string of the molecule is O=C1CCCC(=O)C1C(=O)c1cc2ccncc2nc1C(F)(F)F. The van der Waals surface area contributed by atoms with Crippen molar-refractivity contribution < 1.29 is 27.6 Å². The smallest absolute Gasteiger partial charge is 0.298 e. The summed E-state index contributed by atoms with van der Waals surface area (Å²) in [4.78, 5) is 43.5. The first-order valence-electron chi connectivity index (χ1n) is 7.20. The molecular formula is C16H11F3N2O3. The number of rotatable bonds is 2. The summed E-state index contributed by atoms with van der Waals surface area (Å²) in [6.07, 6.45) is -2.06. The van der Waals surface area contributed by atoms with Gasteiger partial charge in [-0.05, 0) is 18.6 Å². The summed E-state index contributed by atoms with van der Waals surface area (Å²) in [5.41, 5.74) is -2.18. The molecule has 2 heterocycles. The van der Waals surface area contributed by atoms with E-state index in [2.05, 4.69) is 9.97 Å². The van der Waals surface area contributed by atoms with Gasteiger partial charge < -0.3 is 0 Å². The molecule has 2 aromatic heterocycles. The fourth-order valence-electron chi connectivity index (χ4n) is 2.77. The molecule has 0 saturated heterocycles. The number of nitrogens with zero attached hydrogens (tertiary/aromatic N) is 2. The van der Waals surface area contributed by atoms with Gasteiger partial charge in [-0.3, -0.25) is 19.4 Å². The van der Waals surface area contributed by atoms with Crippen LogP contribution in [0.15, 0.2) is 24.5 Å². The second-order valence-electron chi connectivity index (χ2n) is 5.53. The summed E-state index contributed by atoms with van der Waals surface area (Å²) in [5, 5.41) is 0.275. The van der Waals surface area contributed by atoms with Crippen molar-refractivity contribution in [1.29, 1.82) is 0 Å². The van der Waals surface area contributed by atoms with Crippen LogP contribution < -0.4 is 0 Å². The zero-order valence-electron chi connectivity index (χ0n) is 12.3. The lowest BCUT2D eigenvalue weighted by molar-refractivity contribution is -0.142. The number of pyridine rings is 2. The zero-order chi connectivity index (χ0) is 17.5. The molecule has 1 aliphatic rings. The number of hydrogen-bond donors (Lipinski definition) is 0. The van der Waals surface area contributed by atoms with Gasteiger partial charge in [0.05, 0.1) is 17.3 Å². The van der Waals surface area contributed by atoms with Gasteiger partial charge >= 0.3 is 6.18 Å². The Morgan fingerprint density at radius 1 is 1.17 bits per heavy atom. The molecule has 0 amide bonds. The van der Waals surface area contributed by atoms with Gasteiger partial charge in [-0.2, -0.15) is 13.2 Å². The molecule has 1 saturated carbocycles. The van der Waals surface area contributed by atoms with E-state index < -0.39 is 40.7 Å². The predicted molar refractivity (Wildman–Crippen MR) is 76.2 cm³/mol. The first-order valence-corrected chi connectivity index (χ1v) is 7.20. The van der Waals surface area contributed by atoms with Crippen LogP contribution in [0.4, 0.5) is 13.2 Å². The van der Waals surface area contributed by atoms with Crippen LogP contribution >= 0.6 is 0 Å². The molecular weight excluding hydrogens is 325 g/mol. The molecule has 3 rings (SSSR count). The van der Waals surface area contributed by atoms with E-state index in [0.29, 0.717) is 6.42 Å². The molecule has 0 spiro atoms. The average molecular weight is 336 g/mol. The van der Waals surface area contributed by atoms with Gasteiger partial charge in [0.2, 0.25) is 0 Å². The minimum atomic E-state index is -4.89. The monoisotopic (exact) mass is 336 g/mol. The summed E-state index contributed by atoms with van der Waals surface area (Å²) >= 11 is 0. The third kappa shape index (κ3) is 2.79. The van der Waals surface area contributed by atoms with Crippen LogP contribution in [0.5, 0.6) is 0 Å². The number of halogens is 3. The van der Waals surface area contributed by atoms with Gasteiger partial charge in [-0.25, -0.2) is 4.98 Å². The van der Waals surface area contributed by atoms with Crippen LogP contribution in [0.1, 0.15) is 35.3 Å². The highest BCUT2D eigenvalue weighted by atomic mass is 19.4. The number of alkyl halides is 3. The van der Waals surface area contributed by atoms with Gasteiger partial charge in [0.1, 0.15) is 5.92 Å². The Morgan fingerprint density at radius 3 is 2.46 bits per heavy atom. The van der Waals surface area contributed by atoms with E-state index in [1.54, 1.807) is 0 Å². The standard InChI is InChI=1S/C16H11F3N2O3/c17-16(18,19)15-9(6-8-4-5-20-7-10(8)21-15)14(24)13-11(22)2-1-3-12(13)23/h4-7,13H,1-3H2. The average Bonchev–Trinajstić information content (AvgIpc) is 2.52. The molecule has 5 nitrogen and oxygen atoms in total. The molecule has 124 valence electrons. The molecule has 0 aliphatic heterocycles. The topological polar surface area (TPSA) is 77.0 Å². The van der Waals surface area contributed by atoms with Crippen LogP contribution in [0.2, 0.25) is 0 Å². The Kier molecular flexibility index (Phi) is 3.90. The second-order valence-corrected chi connectivity index (χ2v) is 5.53. The Morgan fingerprint density at radius 2 is 1.83 bits per heavy atom. The minimum absolute atomic E-state index is 0.00836. The molecule has 0 bridgehead atoms. The van der Waals surface area contributed by atoms with E-state index in [1.807, 2.05) is 0 Å². The van der Waals surface area contributed by atoms with E-state index in [9.17, 15) is 27.6 Å². The number of ketones is 3. The van der Waals surface area contributed by atoms with E-state index in [1.165, 1.54) is 12.3 Å². The van der Waals surface area contributed by atoms with Crippen LogP contribution in [0, 0.1) is 5.92 Å². The quantitative estimate of drug-likeness (QED) is 0.622. The third-order valence-corrected chi connectivity index (χ3v) is 3.91. The number of carbonyl (C=O) groups excluding carboxylic acids is 3. The van der Waals surface area contributed by atoms with Gasteiger partial charge in [-0.15, -0.1) is 0 Å². The molecule has 1 fully saturated rings. The van der Waals surface area contributed by atoms with Crippen LogP contribution in [0.3, 0.4) is 0 Å². The molecule has 1 aliphatic carbocycles. The van der Waals surface area contributed by atoms with Gasteiger partial charge in [0, 0.05) is 24.4 Å². The maximum absolute atomic E-state index is 13.3.